The Morgan fingerprint density at radius 3 is 2.67 bits per heavy atom. The quantitative estimate of drug-likeness (QED) is 0.473. The molecule has 1 fully saturated rings. The van der Waals surface area contributed by atoms with Gasteiger partial charge in [0.2, 0.25) is 0 Å². The molecule has 2 aromatic rings. The van der Waals surface area contributed by atoms with Crippen LogP contribution in [0.1, 0.15) is 5.56 Å². The van der Waals surface area contributed by atoms with Crippen LogP contribution in [0.2, 0.25) is 0 Å². The molecular formula is C19H13BrN2O3S2. The molecule has 0 saturated carbocycles. The van der Waals surface area contributed by atoms with Crippen LogP contribution < -0.4 is 14.4 Å². The predicted octanol–water partition coefficient (Wildman–Crippen LogP) is 4.77. The number of rotatable bonds is 5. The van der Waals surface area contributed by atoms with Gasteiger partial charge in [-0.3, -0.25) is 9.69 Å². The van der Waals surface area contributed by atoms with E-state index in [9.17, 15) is 4.79 Å². The van der Waals surface area contributed by atoms with Gasteiger partial charge in [-0.15, -0.1) is 0 Å². The molecule has 1 aliphatic heterocycles. The Morgan fingerprint density at radius 2 is 2.00 bits per heavy atom. The van der Waals surface area contributed by atoms with Crippen LogP contribution in [-0.4, -0.2) is 23.9 Å². The fraction of sp³-hybridized carbons (Fsp3) is 0.105. The summed E-state index contributed by atoms with van der Waals surface area (Å²) in [5.74, 6) is 0.789. The number of nitrogens with zero attached hydrogens (tertiary/aromatic N) is 2. The summed E-state index contributed by atoms with van der Waals surface area (Å²) in [5.41, 5.74) is 1.49. The van der Waals surface area contributed by atoms with Gasteiger partial charge in [-0.05, 0) is 48.0 Å². The van der Waals surface area contributed by atoms with Crippen molar-refractivity contribution >= 4 is 61.9 Å². The summed E-state index contributed by atoms with van der Waals surface area (Å²) in [5, 5.41) is 8.64. The molecule has 0 bridgehead atoms. The van der Waals surface area contributed by atoms with Crippen LogP contribution in [0.5, 0.6) is 11.5 Å². The van der Waals surface area contributed by atoms with Crippen LogP contribution in [0.25, 0.3) is 6.08 Å². The SMILES string of the molecule is COc1cc(/C=C2\SC(=S)N(c3ccc(Br)cc3)C2=O)ccc1OCC#N. The molecule has 8 heteroatoms. The number of thioether (sulfide) groups is 1. The lowest BCUT2D eigenvalue weighted by molar-refractivity contribution is -0.113. The minimum absolute atomic E-state index is 0.0679. The van der Waals surface area contributed by atoms with E-state index in [0.717, 1.165) is 15.7 Å². The zero-order valence-electron chi connectivity index (χ0n) is 14.1. The molecule has 1 saturated heterocycles. The highest BCUT2D eigenvalue weighted by atomic mass is 79.9. The number of ether oxygens (including phenoxy) is 2. The maximum atomic E-state index is 12.8. The van der Waals surface area contributed by atoms with E-state index in [-0.39, 0.29) is 12.5 Å². The topological polar surface area (TPSA) is 62.6 Å². The zero-order valence-corrected chi connectivity index (χ0v) is 17.4. The van der Waals surface area contributed by atoms with Crippen LogP contribution in [0.3, 0.4) is 0 Å². The second-order valence-electron chi connectivity index (χ2n) is 5.35. The first-order valence-corrected chi connectivity index (χ1v) is 9.76. The number of carbonyl (C=O) groups excluding carboxylic acids is 1. The molecule has 1 aliphatic rings. The normalized spacial score (nSPS) is 15.1. The standard InChI is InChI=1S/C19H13BrN2O3S2/c1-24-16-10-12(2-7-15(16)25-9-8-21)11-17-18(23)22(19(26)27-17)14-5-3-13(20)4-6-14/h2-7,10-11H,9H2,1H3/b17-11-. The van der Waals surface area contributed by atoms with Crippen molar-refractivity contribution in [2.75, 3.05) is 18.6 Å². The first-order chi connectivity index (χ1) is 13.0. The Balaban J connectivity index is 1.87. The molecule has 0 aromatic heterocycles. The van der Waals surface area contributed by atoms with Crippen molar-refractivity contribution in [1.29, 1.82) is 5.26 Å². The number of hydrogen-bond donors (Lipinski definition) is 0. The molecular weight excluding hydrogens is 448 g/mol. The first-order valence-electron chi connectivity index (χ1n) is 7.75. The molecule has 1 amide bonds. The van der Waals surface area contributed by atoms with Gasteiger partial charge in [0.1, 0.15) is 6.07 Å². The lowest BCUT2D eigenvalue weighted by Crippen LogP contribution is -2.27. The van der Waals surface area contributed by atoms with E-state index in [1.165, 1.54) is 23.8 Å². The fourth-order valence-electron chi connectivity index (χ4n) is 2.44. The maximum absolute atomic E-state index is 12.8. The number of hydrogen-bond acceptors (Lipinski definition) is 6. The Hall–Kier alpha value is -2.34. The molecule has 0 N–H and O–H groups in total. The zero-order chi connectivity index (χ0) is 19.4. The van der Waals surface area contributed by atoms with Crippen molar-refractivity contribution in [2.24, 2.45) is 0 Å². The number of thiocarbonyl (C=S) groups is 1. The molecule has 27 heavy (non-hydrogen) atoms. The van der Waals surface area contributed by atoms with E-state index in [2.05, 4.69) is 15.9 Å². The number of anilines is 1. The Bertz CT molecular complexity index is 968. The largest absolute Gasteiger partial charge is 0.493 e. The molecule has 136 valence electrons. The van der Waals surface area contributed by atoms with Gasteiger partial charge in [-0.25, -0.2) is 0 Å². The predicted molar refractivity (Wildman–Crippen MR) is 114 cm³/mol. The van der Waals surface area contributed by atoms with E-state index in [4.69, 9.17) is 27.0 Å². The summed E-state index contributed by atoms with van der Waals surface area (Å²) in [6.45, 7) is -0.0679. The van der Waals surface area contributed by atoms with Crippen LogP contribution >= 0.6 is 39.9 Å². The highest BCUT2D eigenvalue weighted by molar-refractivity contribution is 9.10. The first kappa shape index (κ1) is 19.4. The third-order valence-electron chi connectivity index (χ3n) is 3.66. The van der Waals surface area contributed by atoms with Crippen molar-refractivity contribution in [3.63, 3.8) is 0 Å². The van der Waals surface area contributed by atoms with Crippen molar-refractivity contribution in [3.8, 4) is 17.6 Å². The molecule has 0 unspecified atom stereocenters. The molecule has 0 radical (unpaired) electrons. The van der Waals surface area contributed by atoms with Crippen LogP contribution in [0.4, 0.5) is 5.69 Å². The minimum atomic E-state index is -0.170. The summed E-state index contributed by atoms with van der Waals surface area (Å²) < 4.78 is 12.0. The monoisotopic (exact) mass is 460 g/mol. The number of carbonyl (C=O) groups is 1. The molecule has 0 spiro atoms. The highest BCUT2D eigenvalue weighted by Gasteiger charge is 2.33. The number of benzene rings is 2. The minimum Gasteiger partial charge on any atom is -0.493 e. The number of amides is 1. The van der Waals surface area contributed by atoms with Crippen molar-refractivity contribution in [2.45, 2.75) is 0 Å². The van der Waals surface area contributed by atoms with Gasteiger partial charge < -0.3 is 9.47 Å². The second kappa shape index (κ2) is 8.57. The van der Waals surface area contributed by atoms with Gasteiger partial charge in [0, 0.05) is 4.47 Å². The Labute approximate surface area is 174 Å². The molecule has 0 aliphatic carbocycles. The van der Waals surface area contributed by atoms with Gasteiger partial charge in [-0.1, -0.05) is 46.0 Å². The van der Waals surface area contributed by atoms with Gasteiger partial charge in [0.15, 0.2) is 22.4 Å². The van der Waals surface area contributed by atoms with E-state index < -0.39 is 0 Å². The molecule has 5 nitrogen and oxygen atoms in total. The Morgan fingerprint density at radius 1 is 1.26 bits per heavy atom. The average molecular weight is 461 g/mol. The van der Waals surface area contributed by atoms with E-state index >= 15 is 0 Å². The van der Waals surface area contributed by atoms with Gasteiger partial charge in [-0.2, -0.15) is 5.26 Å². The number of methoxy groups -OCH3 is 1. The molecule has 2 aromatic carbocycles. The summed E-state index contributed by atoms with van der Waals surface area (Å²) in [7, 11) is 1.52. The molecule has 0 atom stereocenters. The Kier molecular flexibility index (Phi) is 6.16. The van der Waals surface area contributed by atoms with Crippen molar-refractivity contribution in [1.82, 2.24) is 0 Å². The second-order valence-corrected chi connectivity index (χ2v) is 7.94. The molecule has 1 heterocycles. The summed E-state index contributed by atoms with van der Waals surface area (Å²) >= 11 is 10.0. The highest BCUT2D eigenvalue weighted by Crippen LogP contribution is 2.37. The van der Waals surface area contributed by atoms with E-state index in [0.29, 0.717) is 20.7 Å². The summed E-state index contributed by atoms with van der Waals surface area (Å²) in [6, 6.07) is 14.6. The lowest BCUT2D eigenvalue weighted by atomic mass is 10.2. The third kappa shape index (κ3) is 4.33. The third-order valence-corrected chi connectivity index (χ3v) is 5.49. The smallest absolute Gasteiger partial charge is 0.270 e. The van der Waals surface area contributed by atoms with Crippen molar-refractivity contribution < 1.29 is 14.3 Å². The van der Waals surface area contributed by atoms with E-state index in [1.54, 1.807) is 24.3 Å². The lowest BCUT2D eigenvalue weighted by Gasteiger charge is -2.14. The van der Waals surface area contributed by atoms with Gasteiger partial charge >= 0.3 is 0 Å². The number of nitriles is 1. The van der Waals surface area contributed by atoms with E-state index in [1.807, 2.05) is 30.3 Å². The average Bonchev–Trinajstić information content (AvgIpc) is 2.94. The fourth-order valence-corrected chi connectivity index (χ4v) is 4.00. The van der Waals surface area contributed by atoms with Crippen LogP contribution in [0.15, 0.2) is 51.8 Å². The molecule has 3 rings (SSSR count). The van der Waals surface area contributed by atoms with Crippen molar-refractivity contribution in [3.05, 3.63) is 57.4 Å². The van der Waals surface area contributed by atoms with Gasteiger partial charge in [0.05, 0.1) is 17.7 Å². The summed E-state index contributed by atoms with van der Waals surface area (Å²) in [4.78, 5) is 14.9. The van der Waals surface area contributed by atoms with Gasteiger partial charge in [0.25, 0.3) is 5.91 Å². The van der Waals surface area contributed by atoms with Crippen LogP contribution in [-0.2, 0) is 4.79 Å². The van der Waals surface area contributed by atoms with Crippen LogP contribution in [0, 0.1) is 11.3 Å². The maximum Gasteiger partial charge on any atom is 0.270 e. The number of halogens is 1. The summed E-state index contributed by atoms with van der Waals surface area (Å²) in [6.07, 6.45) is 1.76.